The number of carboxylic acid groups (broad SMARTS) is 1. The van der Waals surface area contributed by atoms with Gasteiger partial charge in [0.1, 0.15) is 0 Å². The molecule has 0 aliphatic heterocycles. The van der Waals surface area contributed by atoms with Crippen LogP contribution in [0.5, 0.6) is 0 Å². The number of hydrogen-bond acceptors (Lipinski definition) is 4. The summed E-state index contributed by atoms with van der Waals surface area (Å²) in [6, 6.07) is 6.30. The first-order valence-corrected chi connectivity index (χ1v) is 7.05. The molecule has 1 aromatic rings. The number of nitrogens with zero attached hydrogens (tertiary/aromatic N) is 2. The molecule has 6 heteroatoms. The molecule has 1 atom stereocenters. The lowest BCUT2D eigenvalue weighted by Crippen LogP contribution is -2.36. The maximum Gasteiger partial charge on any atom is 0.317 e. The molecule has 0 saturated heterocycles. The largest absolute Gasteiger partial charge is 0.480 e. The molecular weight excluding hydrogens is 272 g/mol. The van der Waals surface area contributed by atoms with Crippen molar-refractivity contribution < 1.29 is 14.8 Å². The maximum absolute atomic E-state index is 11.1. The lowest BCUT2D eigenvalue weighted by Gasteiger charge is -2.31. The van der Waals surface area contributed by atoms with Crippen molar-refractivity contribution in [1.82, 2.24) is 4.90 Å². The number of carboxylic acids is 1. The smallest absolute Gasteiger partial charge is 0.317 e. The Morgan fingerprint density at radius 2 is 2.10 bits per heavy atom. The molecule has 1 N–H and O–H groups in total. The van der Waals surface area contributed by atoms with E-state index in [1.807, 2.05) is 31.7 Å². The highest BCUT2D eigenvalue weighted by Gasteiger charge is 2.23. The molecule has 0 saturated carbocycles. The van der Waals surface area contributed by atoms with Gasteiger partial charge in [-0.2, -0.15) is 0 Å². The van der Waals surface area contributed by atoms with Crippen LogP contribution in [-0.4, -0.2) is 34.0 Å². The fraction of sp³-hybridized carbons (Fsp3) is 0.533. The summed E-state index contributed by atoms with van der Waals surface area (Å²) in [5, 5.41) is 20.0. The Kier molecular flexibility index (Phi) is 6.30. The van der Waals surface area contributed by atoms with Crippen molar-refractivity contribution in [1.29, 1.82) is 0 Å². The van der Waals surface area contributed by atoms with Crippen LogP contribution in [0.1, 0.15) is 38.8 Å². The van der Waals surface area contributed by atoms with Crippen molar-refractivity contribution in [3.8, 4) is 0 Å². The second kappa shape index (κ2) is 7.73. The van der Waals surface area contributed by atoms with Gasteiger partial charge in [0.15, 0.2) is 0 Å². The van der Waals surface area contributed by atoms with Crippen molar-refractivity contribution in [3.63, 3.8) is 0 Å². The topological polar surface area (TPSA) is 83.7 Å². The zero-order valence-electron chi connectivity index (χ0n) is 12.7. The number of nitro groups is 1. The molecule has 1 unspecified atom stereocenters. The van der Waals surface area contributed by atoms with Crippen LogP contribution in [0.15, 0.2) is 24.3 Å². The first-order valence-electron chi connectivity index (χ1n) is 7.05. The molecule has 0 aliphatic carbocycles. The average molecular weight is 294 g/mol. The molecule has 0 bridgehead atoms. The van der Waals surface area contributed by atoms with E-state index in [4.69, 9.17) is 5.11 Å². The van der Waals surface area contributed by atoms with Crippen molar-refractivity contribution in [2.45, 2.75) is 33.2 Å². The van der Waals surface area contributed by atoms with Gasteiger partial charge in [-0.05, 0) is 17.9 Å². The Labute approximate surface area is 124 Å². The summed E-state index contributed by atoms with van der Waals surface area (Å²) in [4.78, 5) is 23.4. The van der Waals surface area contributed by atoms with Crippen molar-refractivity contribution in [3.05, 3.63) is 39.9 Å². The van der Waals surface area contributed by atoms with E-state index in [0.717, 1.165) is 5.56 Å². The molecule has 116 valence electrons. The number of hydrogen-bond donors (Lipinski definition) is 1. The summed E-state index contributed by atoms with van der Waals surface area (Å²) in [6.45, 7) is 6.57. The van der Waals surface area contributed by atoms with Gasteiger partial charge in [-0.25, -0.2) is 0 Å². The van der Waals surface area contributed by atoms with Gasteiger partial charge >= 0.3 is 5.97 Å². The van der Waals surface area contributed by atoms with Crippen LogP contribution in [0.4, 0.5) is 5.69 Å². The number of rotatable bonds is 8. The third-order valence-corrected chi connectivity index (χ3v) is 3.23. The van der Waals surface area contributed by atoms with E-state index in [1.165, 1.54) is 12.1 Å². The molecule has 1 rings (SSSR count). The van der Waals surface area contributed by atoms with Gasteiger partial charge in [0.25, 0.3) is 5.69 Å². The molecule has 0 spiro atoms. The molecule has 0 fully saturated rings. The highest BCUT2D eigenvalue weighted by molar-refractivity contribution is 5.69. The van der Waals surface area contributed by atoms with Gasteiger partial charge < -0.3 is 5.11 Å². The van der Waals surface area contributed by atoms with Gasteiger partial charge in [0, 0.05) is 24.7 Å². The second-order valence-corrected chi connectivity index (χ2v) is 5.49. The summed E-state index contributed by atoms with van der Waals surface area (Å²) in [5.74, 6) is -0.573. The van der Waals surface area contributed by atoms with E-state index in [-0.39, 0.29) is 18.3 Å². The molecule has 0 heterocycles. The van der Waals surface area contributed by atoms with E-state index in [1.54, 1.807) is 6.07 Å². The minimum atomic E-state index is -0.889. The Morgan fingerprint density at radius 1 is 1.43 bits per heavy atom. The Morgan fingerprint density at radius 3 is 2.57 bits per heavy atom. The molecule has 6 nitrogen and oxygen atoms in total. The van der Waals surface area contributed by atoms with Crippen LogP contribution < -0.4 is 0 Å². The van der Waals surface area contributed by atoms with Crippen LogP contribution in [0.25, 0.3) is 0 Å². The van der Waals surface area contributed by atoms with Gasteiger partial charge in [-0.3, -0.25) is 19.8 Å². The van der Waals surface area contributed by atoms with E-state index in [9.17, 15) is 14.9 Å². The monoisotopic (exact) mass is 294 g/mol. The fourth-order valence-electron chi connectivity index (χ4n) is 2.50. The molecule has 21 heavy (non-hydrogen) atoms. The minimum Gasteiger partial charge on any atom is -0.480 e. The van der Waals surface area contributed by atoms with Crippen molar-refractivity contribution in [2.24, 2.45) is 5.92 Å². The zero-order valence-corrected chi connectivity index (χ0v) is 12.7. The Hall–Kier alpha value is -1.95. The normalized spacial score (nSPS) is 12.6. The van der Waals surface area contributed by atoms with E-state index < -0.39 is 10.9 Å². The number of carbonyl (C=O) groups is 1. The maximum atomic E-state index is 11.1. The number of nitro benzene ring substituents is 1. The van der Waals surface area contributed by atoms with Gasteiger partial charge in [0.2, 0.25) is 0 Å². The van der Waals surface area contributed by atoms with Crippen LogP contribution >= 0.6 is 0 Å². The van der Waals surface area contributed by atoms with Crippen LogP contribution in [0.2, 0.25) is 0 Å². The van der Waals surface area contributed by atoms with Crippen LogP contribution in [0.3, 0.4) is 0 Å². The minimum absolute atomic E-state index is 0.0331. The first kappa shape index (κ1) is 17.1. The number of aliphatic carboxylic acids is 1. The lowest BCUT2D eigenvalue weighted by atomic mass is 10.0. The van der Waals surface area contributed by atoms with Crippen molar-refractivity contribution >= 4 is 11.7 Å². The standard InChI is InChI=1S/C15H22N2O4/c1-4-14(16(9-11(2)3)10-15(18)19)12-6-5-7-13(8-12)17(20)21/h5-8,11,14H,4,9-10H2,1-3H3,(H,18,19). The number of non-ortho nitro benzene ring substituents is 1. The Balaban J connectivity index is 3.08. The first-order chi connectivity index (χ1) is 9.85. The summed E-state index contributed by atoms with van der Waals surface area (Å²) in [7, 11) is 0. The van der Waals surface area contributed by atoms with Crippen LogP contribution in [-0.2, 0) is 4.79 Å². The van der Waals surface area contributed by atoms with Gasteiger partial charge in [-0.1, -0.05) is 32.9 Å². The molecule has 0 amide bonds. The highest BCUT2D eigenvalue weighted by atomic mass is 16.6. The predicted molar refractivity (Wildman–Crippen MR) is 80.2 cm³/mol. The zero-order chi connectivity index (χ0) is 16.0. The molecule has 0 radical (unpaired) electrons. The third kappa shape index (κ3) is 5.15. The molecular formula is C15H22N2O4. The summed E-state index contributed by atoms with van der Waals surface area (Å²) >= 11 is 0. The predicted octanol–water partition coefficient (Wildman–Crippen LogP) is 3.09. The molecule has 1 aromatic carbocycles. The van der Waals surface area contributed by atoms with E-state index >= 15 is 0 Å². The van der Waals surface area contributed by atoms with E-state index in [0.29, 0.717) is 18.9 Å². The van der Waals surface area contributed by atoms with E-state index in [2.05, 4.69) is 0 Å². The second-order valence-electron chi connectivity index (χ2n) is 5.49. The summed E-state index contributed by atoms with van der Waals surface area (Å²) in [5.41, 5.74) is 0.819. The lowest BCUT2D eigenvalue weighted by molar-refractivity contribution is -0.385. The summed E-state index contributed by atoms with van der Waals surface area (Å²) in [6.07, 6.45) is 0.696. The average Bonchev–Trinajstić information content (AvgIpc) is 2.38. The fourth-order valence-corrected chi connectivity index (χ4v) is 2.50. The SMILES string of the molecule is CCC(c1cccc([N+](=O)[O-])c1)N(CC(=O)O)CC(C)C. The Bertz CT molecular complexity index is 502. The number of benzene rings is 1. The summed E-state index contributed by atoms with van der Waals surface area (Å²) < 4.78 is 0. The third-order valence-electron chi connectivity index (χ3n) is 3.23. The van der Waals surface area contributed by atoms with Crippen molar-refractivity contribution in [2.75, 3.05) is 13.1 Å². The molecule has 0 aliphatic rings. The quantitative estimate of drug-likeness (QED) is 0.588. The highest BCUT2D eigenvalue weighted by Crippen LogP contribution is 2.27. The van der Waals surface area contributed by atoms with Gasteiger partial charge in [-0.15, -0.1) is 0 Å². The van der Waals surface area contributed by atoms with Crippen LogP contribution in [0, 0.1) is 16.0 Å². The molecule has 0 aromatic heterocycles. The van der Waals surface area contributed by atoms with Gasteiger partial charge in [0.05, 0.1) is 11.5 Å².